The van der Waals surface area contributed by atoms with Crippen LogP contribution in [0.5, 0.6) is 0 Å². The highest BCUT2D eigenvalue weighted by molar-refractivity contribution is 5.75. The predicted molar refractivity (Wildman–Crippen MR) is 80.0 cm³/mol. The minimum Gasteiger partial charge on any atom is -0.481 e. The molecular formula is C15H22N2O4. The van der Waals surface area contributed by atoms with E-state index in [0.29, 0.717) is 19.5 Å². The van der Waals surface area contributed by atoms with Gasteiger partial charge in [-0.05, 0) is 12.8 Å². The molecule has 21 heavy (non-hydrogen) atoms. The van der Waals surface area contributed by atoms with Crippen molar-refractivity contribution in [2.45, 2.75) is 33.1 Å². The molecule has 1 rings (SSSR count). The summed E-state index contributed by atoms with van der Waals surface area (Å²) in [6.45, 7) is 3.88. The van der Waals surface area contributed by atoms with Crippen molar-refractivity contribution in [2.75, 3.05) is 13.1 Å². The Labute approximate surface area is 125 Å². The number of carbonyl (C=O) groups is 3. The van der Waals surface area contributed by atoms with Gasteiger partial charge in [0.2, 0.25) is 11.8 Å². The van der Waals surface area contributed by atoms with Gasteiger partial charge in [0, 0.05) is 13.3 Å². The van der Waals surface area contributed by atoms with Crippen molar-refractivity contribution in [1.29, 1.82) is 0 Å². The van der Waals surface area contributed by atoms with Gasteiger partial charge in [0.15, 0.2) is 0 Å². The molecule has 0 radical (unpaired) electrons. The Morgan fingerprint density at radius 2 is 1.62 bits per heavy atom. The molecule has 3 N–H and O–H groups in total. The van der Waals surface area contributed by atoms with Gasteiger partial charge in [-0.25, -0.2) is 0 Å². The normalized spacial score (nSPS) is 11.0. The molecule has 0 aromatic rings. The van der Waals surface area contributed by atoms with Crippen LogP contribution < -0.4 is 10.6 Å². The second-order valence-corrected chi connectivity index (χ2v) is 4.06. The van der Waals surface area contributed by atoms with Gasteiger partial charge < -0.3 is 15.7 Å². The zero-order valence-corrected chi connectivity index (χ0v) is 12.4. The lowest BCUT2D eigenvalue weighted by Crippen LogP contribution is -2.21. The van der Waals surface area contributed by atoms with Crippen LogP contribution in [-0.2, 0) is 14.4 Å². The summed E-state index contributed by atoms with van der Waals surface area (Å²) in [4.78, 5) is 30.1. The van der Waals surface area contributed by atoms with Gasteiger partial charge in [0.25, 0.3) is 0 Å². The first-order chi connectivity index (χ1) is 9.88. The SMILES string of the molecule is C#CCNC(=O)CC.C#CCNC(C)=O.O=C(O)C1CC1. The fourth-order valence-corrected chi connectivity index (χ4v) is 0.780. The number of rotatable bonds is 4. The molecule has 0 unspecified atom stereocenters. The highest BCUT2D eigenvalue weighted by atomic mass is 16.4. The van der Waals surface area contributed by atoms with Crippen LogP contribution in [0.4, 0.5) is 0 Å². The molecule has 0 aromatic heterocycles. The van der Waals surface area contributed by atoms with E-state index in [4.69, 9.17) is 18.0 Å². The molecule has 0 aromatic carbocycles. The number of aliphatic carboxylic acids is 1. The quantitative estimate of drug-likeness (QED) is 0.653. The van der Waals surface area contributed by atoms with E-state index in [1.165, 1.54) is 6.92 Å². The number of hydrogen-bond acceptors (Lipinski definition) is 3. The number of carboxylic acids is 1. The molecule has 0 saturated heterocycles. The number of carboxylic acid groups (broad SMARTS) is 1. The van der Waals surface area contributed by atoms with E-state index in [2.05, 4.69) is 22.5 Å². The highest BCUT2D eigenvalue weighted by Crippen LogP contribution is 2.28. The lowest BCUT2D eigenvalue weighted by molar-refractivity contribution is -0.138. The van der Waals surface area contributed by atoms with E-state index < -0.39 is 5.97 Å². The fourth-order valence-electron chi connectivity index (χ4n) is 0.780. The van der Waals surface area contributed by atoms with E-state index in [-0.39, 0.29) is 17.7 Å². The average Bonchev–Trinajstić information content (AvgIpc) is 3.28. The van der Waals surface area contributed by atoms with E-state index in [1.54, 1.807) is 6.92 Å². The van der Waals surface area contributed by atoms with Crippen molar-refractivity contribution in [1.82, 2.24) is 10.6 Å². The summed E-state index contributed by atoms with van der Waals surface area (Å²) in [6.07, 6.45) is 12.0. The Hall–Kier alpha value is -2.47. The molecule has 0 atom stereocenters. The van der Waals surface area contributed by atoms with Gasteiger partial charge in [-0.2, -0.15) is 0 Å². The summed E-state index contributed by atoms with van der Waals surface area (Å²) in [5.41, 5.74) is 0. The second-order valence-electron chi connectivity index (χ2n) is 4.06. The number of terminal acetylenes is 2. The van der Waals surface area contributed by atoms with Crippen molar-refractivity contribution < 1.29 is 19.5 Å². The summed E-state index contributed by atoms with van der Waals surface area (Å²) >= 11 is 0. The van der Waals surface area contributed by atoms with Crippen LogP contribution in [0, 0.1) is 30.6 Å². The molecule has 1 aliphatic rings. The first-order valence-corrected chi connectivity index (χ1v) is 6.49. The number of carbonyl (C=O) groups excluding carboxylic acids is 2. The molecular weight excluding hydrogens is 272 g/mol. The highest BCUT2D eigenvalue weighted by Gasteiger charge is 2.28. The van der Waals surface area contributed by atoms with Crippen LogP contribution >= 0.6 is 0 Å². The molecule has 2 amide bonds. The molecule has 1 saturated carbocycles. The van der Waals surface area contributed by atoms with Gasteiger partial charge in [-0.3, -0.25) is 14.4 Å². The van der Waals surface area contributed by atoms with Gasteiger partial charge in [0.1, 0.15) is 0 Å². The minimum absolute atomic E-state index is 0.00273. The van der Waals surface area contributed by atoms with Gasteiger partial charge in [-0.1, -0.05) is 18.8 Å². The van der Waals surface area contributed by atoms with Crippen LogP contribution in [0.25, 0.3) is 0 Å². The summed E-state index contributed by atoms with van der Waals surface area (Å²) < 4.78 is 0. The topological polar surface area (TPSA) is 95.5 Å². The smallest absolute Gasteiger partial charge is 0.306 e. The predicted octanol–water partition coefficient (Wildman–Crippen LogP) is 0.383. The maximum atomic E-state index is 10.4. The molecule has 1 fully saturated rings. The van der Waals surface area contributed by atoms with Crippen molar-refractivity contribution in [2.24, 2.45) is 5.92 Å². The Morgan fingerprint density at radius 3 is 1.81 bits per heavy atom. The molecule has 1 aliphatic carbocycles. The van der Waals surface area contributed by atoms with Crippen LogP contribution in [0.2, 0.25) is 0 Å². The van der Waals surface area contributed by atoms with Crippen molar-refractivity contribution in [3.05, 3.63) is 0 Å². The second kappa shape index (κ2) is 14.0. The van der Waals surface area contributed by atoms with Crippen LogP contribution in [0.1, 0.15) is 33.1 Å². The lowest BCUT2D eigenvalue weighted by Gasteiger charge is -1.93. The maximum Gasteiger partial charge on any atom is 0.306 e. The Balaban J connectivity index is 0. The largest absolute Gasteiger partial charge is 0.481 e. The van der Waals surface area contributed by atoms with Crippen LogP contribution in [-0.4, -0.2) is 36.0 Å². The molecule has 6 nitrogen and oxygen atoms in total. The molecule has 0 spiro atoms. The average molecular weight is 294 g/mol. The van der Waals surface area contributed by atoms with E-state index in [9.17, 15) is 14.4 Å². The molecule has 0 bridgehead atoms. The van der Waals surface area contributed by atoms with Crippen molar-refractivity contribution in [3.8, 4) is 24.7 Å². The number of hydrogen-bond donors (Lipinski definition) is 3. The monoisotopic (exact) mass is 294 g/mol. The molecule has 116 valence electrons. The third-order valence-corrected chi connectivity index (χ3v) is 2.07. The minimum atomic E-state index is -0.630. The Bertz CT molecular complexity index is 414. The maximum absolute atomic E-state index is 10.4. The number of amides is 2. The molecule has 0 aliphatic heterocycles. The fraction of sp³-hybridized carbons (Fsp3) is 0.533. The van der Waals surface area contributed by atoms with Crippen molar-refractivity contribution in [3.63, 3.8) is 0 Å². The Morgan fingerprint density at radius 1 is 1.14 bits per heavy atom. The molecule has 6 heteroatoms. The summed E-state index contributed by atoms with van der Waals surface area (Å²) in [6, 6.07) is 0. The third-order valence-electron chi connectivity index (χ3n) is 2.07. The van der Waals surface area contributed by atoms with Crippen LogP contribution in [0.3, 0.4) is 0 Å². The summed E-state index contributed by atoms with van der Waals surface area (Å²) in [7, 11) is 0. The van der Waals surface area contributed by atoms with Gasteiger partial charge in [-0.15, -0.1) is 12.8 Å². The van der Waals surface area contributed by atoms with E-state index in [1.807, 2.05) is 0 Å². The van der Waals surface area contributed by atoms with E-state index >= 15 is 0 Å². The standard InChI is InChI=1S/C6H9NO.C5H7NO.C4H6O2/c1-3-5-7-6(8)4-2;1-3-4-6-5(2)7;5-4(6)3-1-2-3/h1H,4-5H2,2H3,(H,7,8);1H,4H2,2H3,(H,6,7);3H,1-2H2,(H,5,6). The van der Waals surface area contributed by atoms with Crippen molar-refractivity contribution >= 4 is 17.8 Å². The summed E-state index contributed by atoms with van der Waals surface area (Å²) in [5, 5.41) is 13.0. The first kappa shape index (κ1) is 20.8. The van der Waals surface area contributed by atoms with Crippen LogP contribution in [0.15, 0.2) is 0 Å². The summed E-state index contributed by atoms with van der Waals surface area (Å²) in [5.74, 6) is 3.87. The van der Waals surface area contributed by atoms with Gasteiger partial charge >= 0.3 is 5.97 Å². The molecule has 0 heterocycles. The Kier molecular flexibility index (Phi) is 13.8. The zero-order valence-electron chi connectivity index (χ0n) is 12.4. The number of nitrogens with one attached hydrogen (secondary N) is 2. The lowest BCUT2D eigenvalue weighted by atomic mass is 10.4. The first-order valence-electron chi connectivity index (χ1n) is 6.49. The zero-order chi connectivity index (χ0) is 16.7. The van der Waals surface area contributed by atoms with E-state index in [0.717, 1.165) is 12.8 Å². The van der Waals surface area contributed by atoms with Gasteiger partial charge in [0.05, 0.1) is 19.0 Å². The third kappa shape index (κ3) is 20.0.